The normalized spacial score (nSPS) is 12.0. The fourth-order valence-electron chi connectivity index (χ4n) is 4.44. The van der Waals surface area contributed by atoms with E-state index in [-0.39, 0.29) is 17.3 Å². The zero-order chi connectivity index (χ0) is 28.4. The van der Waals surface area contributed by atoms with Crippen LogP contribution in [0.4, 0.5) is 5.69 Å². The minimum atomic E-state index is -4.08. The topological polar surface area (TPSA) is 86.8 Å². The fourth-order valence-corrected chi connectivity index (χ4v) is 5.94. The van der Waals surface area contributed by atoms with Crippen LogP contribution in [0.2, 0.25) is 0 Å². The lowest BCUT2D eigenvalue weighted by Gasteiger charge is -2.33. The highest BCUT2D eigenvalue weighted by atomic mass is 32.2. The van der Waals surface area contributed by atoms with Crippen LogP contribution in [0.5, 0.6) is 0 Å². The van der Waals surface area contributed by atoms with Crippen molar-refractivity contribution in [2.24, 2.45) is 0 Å². The molecule has 0 radical (unpaired) electrons. The Hall–Kier alpha value is -3.65. The molecule has 39 heavy (non-hydrogen) atoms. The zero-order valence-corrected chi connectivity index (χ0v) is 24.1. The highest BCUT2D eigenvalue weighted by Crippen LogP contribution is 2.29. The van der Waals surface area contributed by atoms with E-state index in [4.69, 9.17) is 0 Å². The second-order valence-corrected chi connectivity index (χ2v) is 11.5. The molecule has 0 aliphatic carbocycles. The van der Waals surface area contributed by atoms with Gasteiger partial charge in [0.15, 0.2) is 0 Å². The summed E-state index contributed by atoms with van der Waals surface area (Å²) in [4.78, 5) is 28.9. The van der Waals surface area contributed by atoms with Gasteiger partial charge in [0.25, 0.3) is 10.0 Å². The van der Waals surface area contributed by atoms with Crippen LogP contribution in [-0.2, 0) is 26.2 Å². The summed E-state index contributed by atoms with van der Waals surface area (Å²) < 4.78 is 29.0. The molecular weight excluding hydrogens is 510 g/mol. The highest BCUT2D eigenvalue weighted by Gasteiger charge is 2.34. The zero-order valence-electron chi connectivity index (χ0n) is 23.3. The van der Waals surface area contributed by atoms with Crippen LogP contribution in [0.25, 0.3) is 0 Å². The molecule has 3 aromatic carbocycles. The Kier molecular flexibility index (Phi) is 10.7. The molecule has 208 valence electrons. The first-order valence-electron chi connectivity index (χ1n) is 13.5. The number of rotatable bonds is 13. The summed E-state index contributed by atoms with van der Waals surface area (Å²) >= 11 is 0. The van der Waals surface area contributed by atoms with Crippen molar-refractivity contribution in [1.82, 2.24) is 10.2 Å². The van der Waals surface area contributed by atoms with E-state index in [1.165, 1.54) is 21.3 Å². The average Bonchev–Trinajstić information content (AvgIpc) is 2.94. The van der Waals surface area contributed by atoms with Crippen LogP contribution < -0.4 is 9.62 Å². The number of carbonyl (C=O) groups is 2. The van der Waals surface area contributed by atoms with Crippen LogP contribution in [0.3, 0.4) is 0 Å². The van der Waals surface area contributed by atoms with E-state index in [1.807, 2.05) is 64.1 Å². The first-order valence-corrected chi connectivity index (χ1v) is 14.9. The number of unbranched alkanes of at least 4 members (excludes halogenated alkanes) is 1. The lowest BCUT2D eigenvalue weighted by atomic mass is 10.1. The summed E-state index contributed by atoms with van der Waals surface area (Å²) in [6, 6.07) is 22.2. The van der Waals surface area contributed by atoms with Gasteiger partial charge in [0.05, 0.1) is 10.6 Å². The second kappa shape index (κ2) is 13.9. The molecule has 0 saturated carbocycles. The van der Waals surface area contributed by atoms with E-state index in [1.54, 1.807) is 30.3 Å². The maximum absolute atomic E-state index is 14.1. The molecule has 0 aliphatic heterocycles. The summed E-state index contributed by atoms with van der Waals surface area (Å²) in [6.07, 6.45) is 2.17. The minimum Gasteiger partial charge on any atom is -0.354 e. The number of hydrogen-bond donors (Lipinski definition) is 1. The molecule has 0 saturated heterocycles. The van der Waals surface area contributed by atoms with Gasteiger partial charge in [-0.1, -0.05) is 80.9 Å². The Balaban J connectivity index is 2.05. The number of sulfonamides is 1. The molecule has 1 N–H and O–H groups in total. The Labute approximate surface area is 232 Å². The first-order chi connectivity index (χ1) is 18.7. The molecule has 0 aliphatic rings. The molecular formula is C31H39N3O4S. The lowest BCUT2D eigenvalue weighted by Crippen LogP contribution is -2.52. The van der Waals surface area contributed by atoms with Gasteiger partial charge in [-0.25, -0.2) is 8.42 Å². The maximum Gasteiger partial charge on any atom is 0.264 e. The number of hydrogen-bond acceptors (Lipinski definition) is 4. The van der Waals surface area contributed by atoms with Gasteiger partial charge in [0.1, 0.15) is 12.6 Å². The molecule has 0 unspecified atom stereocenters. The molecule has 2 amide bonds. The molecule has 3 rings (SSSR count). The predicted molar refractivity (Wildman–Crippen MR) is 156 cm³/mol. The van der Waals surface area contributed by atoms with Crippen molar-refractivity contribution in [3.8, 4) is 0 Å². The monoisotopic (exact) mass is 549 g/mol. The third-order valence-corrected chi connectivity index (χ3v) is 8.64. The number of anilines is 1. The summed E-state index contributed by atoms with van der Waals surface area (Å²) in [6.45, 7) is 7.93. The fraction of sp³-hybridized carbons (Fsp3) is 0.355. The molecule has 0 fully saturated rings. The van der Waals surface area contributed by atoms with E-state index in [9.17, 15) is 18.0 Å². The number of amides is 2. The average molecular weight is 550 g/mol. The smallest absolute Gasteiger partial charge is 0.264 e. The van der Waals surface area contributed by atoms with Gasteiger partial charge in [-0.2, -0.15) is 0 Å². The molecule has 0 aromatic heterocycles. The number of nitrogens with zero attached hydrogens (tertiary/aromatic N) is 2. The molecule has 0 bridgehead atoms. The molecule has 0 spiro atoms. The second-order valence-electron chi connectivity index (χ2n) is 9.62. The van der Waals surface area contributed by atoms with E-state index in [0.717, 1.165) is 29.5 Å². The summed E-state index contributed by atoms with van der Waals surface area (Å²) in [5, 5.41) is 2.95. The molecule has 3 aromatic rings. The van der Waals surface area contributed by atoms with Crippen molar-refractivity contribution >= 4 is 27.5 Å². The Bertz CT molecular complexity index is 1340. The molecule has 8 heteroatoms. The number of carbonyl (C=O) groups excluding carboxylic acids is 2. The summed E-state index contributed by atoms with van der Waals surface area (Å²) in [5.41, 5.74) is 2.97. The van der Waals surface area contributed by atoms with Gasteiger partial charge in [-0.3, -0.25) is 13.9 Å². The van der Waals surface area contributed by atoms with Crippen molar-refractivity contribution in [3.05, 3.63) is 95.6 Å². The maximum atomic E-state index is 14.1. The predicted octanol–water partition coefficient (Wildman–Crippen LogP) is 5.22. The Morgan fingerprint density at radius 3 is 2.13 bits per heavy atom. The minimum absolute atomic E-state index is 0.0951. The standard InChI is InChI=1S/C31H39N3O4S/c1-5-7-21-32-31(36)28(6-2)33(22-26-16-10-8-11-17-26)30(35)23-34(29-20-14-15-24(3)25(29)4)39(37,38)27-18-12-9-13-19-27/h8-20,28H,5-7,21-23H2,1-4H3,(H,32,36)/t28-/m0/s1. The van der Waals surface area contributed by atoms with E-state index < -0.39 is 28.5 Å². The molecule has 1 atom stereocenters. The van der Waals surface area contributed by atoms with Gasteiger partial charge >= 0.3 is 0 Å². The Morgan fingerprint density at radius 2 is 1.51 bits per heavy atom. The van der Waals surface area contributed by atoms with Crippen LogP contribution in [-0.4, -0.2) is 44.3 Å². The summed E-state index contributed by atoms with van der Waals surface area (Å²) in [5.74, 6) is -0.684. The summed E-state index contributed by atoms with van der Waals surface area (Å²) in [7, 11) is -4.08. The quantitative estimate of drug-likeness (QED) is 0.296. The van der Waals surface area contributed by atoms with Crippen LogP contribution in [0, 0.1) is 13.8 Å². The van der Waals surface area contributed by atoms with Crippen molar-refractivity contribution in [3.63, 3.8) is 0 Å². The van der Waals surface area contributed by atoms with Gasteiger partial charge in [-0.15, -0.1) is 0 Å². The third-order valence-electron chi connectivity index (χ3n) is 6.87. The van der Waals surface area contributed by atoms with Gasteiger partial charge < -0.3 is 10.2 Å². The number of nitrogens with one attached hydrogen (secondary N) is 1. The Morgan fingerprint density at radius 1 is 0.872 bits per heavy atom. The van der Waals surface area contributed by atoms with E-state index >= 15 is 0 Å². The van der Waals surface area contributed by atoms with Crippen LogP contribution >= 0.6 is 0 Å². The van der Waals surface area contributed by atoms with E-state index in [0.29, 0.717) is 18.7 Å². The van der Waals surface area contributed by atoms with Gasteiger partial charge in [0.2, 0.25) is 11.8 Å². The van der Waals surface area contributed by atoms with Crippen molar-refractivity contribution in [1.29, 1.82) is 0 Å². The van der Waals surface area contributed by atoms with Crippen molar-refractivity contribution in [2.75, 3.05) is 17.4 Å². The number of aryl methyl sites for hydroxylation is 1. The van der Waals surface area contributed by atoms with Crippen molar-refractivity contribution < 1.29 is 18.0 Å². The largest absolute Gasteiger partial charge is 0.354 e. The highest BCUT2D eigenvalue weighted by molar-refractivity contribution is 7.92. The van der Waals surface area contributed by atoms with Crippen molar-refractivity contribution in [2.45, 2.75) is 64.4 Å². The lowest BCUT2D eigenvalue weighted by molar-refractivity contribution is -0.140. The number of benzene rings is 3. The van der Waals surface area contributed by atoms with Crippen LogP contribution in [0.15, 0.2) is 83.8 Å². The van der Waals surface area contributed by atoms with Gasteiger partial charge in [0, 0.05) is 13.1 Å². The van der Waals surface area contributed by atoms with Gasteiger partial charge in [-0.05, 0) is 61.6 Å². The molecule has 7 nitrogen and oxygen atoms in total. The SMILES string of the molecule is CCCCNC(=O)[C@H](CC)N(Cc1ccccc1)C(=O)CN(c1cccc(C)c1C)S(=O)(=O)c1ccccc1. The van der Waals surface area contributed by atoms with Crippen LogP contribution in [0.1, 0.15) is 49.8 Å². The third kappa shape index (κ3) is 7.47. The first kappa shape index (κ1) is 29.9. The van der Waals surface area contributed by atoms with E-state index in [2.05, 4.69) is 5.32 Å². The molecule has 0 heterocycles.